The number of carbonyl (C=O) groups excluding carboxylic acids is 2. The van der Waals surface area contributed by atoms with E-state index in [1.54, 1.807) is 11.0 Å². The highest BCUT2D eigenvalue weighted by atomic mass is 16.5. The van der Waals surface area contributed by atoms with Gasteiger partial charge in [0.2, 0.25) is 5.91 Å². The Morgan fingerprint density at radius 3 is 2.50 bits per heavy atom. The van der Waals surface area contributed by atoms with E-state index in [4.69, 9.17) is 4.74 Å². The third-order valence-corrected chi connectivity index (χ3v) is 6.58. The molecule has 6 heteroatoms. The minimum absolute atomic E-state index is 0.0519. The maximum absolute atomic E-state index is 13.3. The van der Waals surface area contributed by atoms with Crippen molar-refractivity contribution in [2.75, 3.05) is 26.2 Å². The number of amides is 2. The van der Waals surface area contributed by atoms with Crippen LogP contribution in [0.4, 0.5) is 0 Å². The lowest BCUT2D eigenvalue weighted by Crippen LogP contribution is -2.55. The summed E-state index contributed by atoms with van der Waals surface area (Å²) in [5.74, 6) is 0.367. The molecule has 32 heavy (non-hydrogen) atoms. The second-order valence-electron chi connectivity index (χ2n) is 9.08. The molecule has 4 rings (SSSR count). The first kappa shape index (κ1) is 22.3. The fourth-order valence-corrected chi connectivity index (χ4v) is 4.53. The molecule has 1 N–H and O–H groups in total. The summed E-state index contributed by atoms with van der Waals surface area (Å²) in [5, 5.41) is 2.99. The fraction of sp³-hybridized carbons (Fsp3) is 0.462. The normalized spacial score (nSPS) is 19.1. The summed E-state index contributed by atoms with van der Waals surface area (Å²) in [6, 6.07) is 18.0. The van der Waals surface area contributed by atoms with Gasteiger partial charge in [0.25, 0.3) is 5.91 Å². The summed E-state index contributed by atoms with van der Waals surface area (Å²) >= 11 is 0. The maximum atomic E-state index is 13.3. The zero-order valence-electron chi connectivity index (χ0n) is 19.0. The lowest BCUT2D eigenvalue weighted by molar-refractivity contribution is -0.123. The number of carbonyl (C=O) groups is 2. The number of ether oxygens (including phenoxy) is 1. The topological polar surface area (TPSA) is 61.9 Å². The molecule has 0 aliphatic carbocycles. The van der Waals surface area contributed by atoms with Gasteiger partial charge in [-0.25, -0.2) is 0 Å². The van der Waals surface area contributed by atoms with E-state index in [0.717, 1.165) is 38.9 Å². The predicted octanol–water partition coefficient (Wildman–Crippen LogP) is 3.47. The Morgan fingerprint density at radius 1 is 1.09 bits per heavy atom. The van der Waals surface area contributed by atoms with E-state index in [1.165, 1.54) is 5.56 Å². The number of hydrogen-bond acceptors (Lipinski definition) is 4. The standard InChI is InChI=1S/C26H33N3O3/c1-3-20(2)27-24(30)18-29-19-26(32-23-12-8-7-11-22(23)25(29)31)13-15-28(16-14-26)17-21-9-5-4-6-10-21/h4-12,20H,3,13-19H2,1-2H3,(H,27,30)/t20-/m1/s1. The van der Waals surface area contributed by atoms with Crippen molar-refractivity contribution in [1.29, 1.82) is 0 Å². The van der Waals surface area contributed by atoms with Crippen LogP contribution in [0.3, 0.4) is 0 Å². The smallest absolute Gasteiger partial charge is 0.258 e. The number of piperidine rings is 1. The molecule has 1 spiro atoms. The molecule has 2 aliphatic heterocycles. The van der Waals surface area contributed by atoms with Crippen molar-refractivity contribution in [3.05, 3.63) is 65.7 Å². The summed E-state index contributed by atoms with van der Waals surface area (Å²) in [6.45, 7) is 7.17. The average Bonchev–Trinajstić information content (AvgIpc) is 2.91. The third kappa shape index (κ3) is 5.13. The lowest BCUT2D eigenvalue weighted by Gasteiger charge is -2.42. The second kappa shape index (κ2) is 9.74. The highest BCUT2D eigenvalue weighted by Gasteiger charge is 2.43. The molecular formula is C26H33N3O3. The number of benzene rings is 2. The van der Waals surface area contributed by atoms with Gasteiger partial charge in [-0.3, -0.25) is 14.5 Å². The number of rotatable bonds is 6. The van der Waals surface area contributed by atoms with Gasteiger partial charge < -0.3 is 15.0 Å². The Morgan fingerprint density at radius 2 is 1.78 bits per heavy atom. The van der Waals surface area contributed by atoms with Crippen molar-refractivity contribution in [1.82, 2.24) is 15.1 Å². The lowest BCUT2D eigenvalue weighted by atomic mass is 9.90. The Kier molecular flexibility index (Phi) is 6.80. The van der Waals surface area contributed by atoms with E-state index in [1.807, 2.05) is 38.1 Å². The van der Waals surface area contributed by atoms with E-state index in [-0.39, 0.29) is 24.4 Å². The van der Waals surface area contributed by atoms with Crippen molar-refractivity contribution in [2.24, 2.45) is 0 Å². The van der Waals surface area contributed by atoms with Crippen LogP contribution in [-0.4, -0.2) is 59.4 Å². The third-order valence-electron chi connectivity index (χ3n) is 6.58. The Bertz CT molecular complexity index is 938. The Labute approximate surface area is 190 Å². The summed E-state index contributed by atoms with van der Waals surface area (Å²) in [4.78, 5) is 30.0. The van der Waals surface area contributed by atoms with Crippen LogP contribution >= 0.6 is 0 Å². The average molecular weight is 436 g/mol. The fourth-order valence-electron chi connectivity index (χ4n) is 4.53. The Balaban J connectivity index is 1.50. The molecule has 1 fully saturated rings. The van der Waals surface area contributed by atoms with Crippen LogP contribution < -0.4 is 10.1 Å². The van der Waals surface area contributed by atoms with E-state index in [2.05, 4.69) is 34.5 Å². The maximum Gasteiger partial charge on any atom is 0.258 e. The summed E-state index contributed by atoms with van der Waals surface area (Å²) in [7, 11) is 0. The van der Waals surface area contributed by atoms with Gasteiger partial charge in [0, 0.05) is 38.5 Å². The molecule has 170 valence electrons. The summed E-state index contributed by atoms with van der Waals surface area (Å²) < 4.78 is 6.55. The van der Waals surface area contributed by atoms with Gasteiger partial charge in [0.1, 0.15) is 17.9 Å². The summed E-state index contributed by atoms with van der Waals surface area (Å²) in [6.07, 6.45) is 2.47. The Hall–Kier alpha value is -2.86. The van der Waals surface area contributed by atoms with Crippen LogP contribution in [-0.2, 0) is 11.3 Å². The zero-order chi connectivity index (χ0) is 22.6. The van der Waals surface area contributed by atoms with Gasteiger partial charge >= 0.3 is 0 Å². The molecule has 2 heterocycles. The molecule has 0 unspecified atom stereocenters. The van der Waals surface area contributed by atoms with Crippen molar-refractivity contribution in [3.63, 3.8) is 0 Å². The summed E-state index contributed by atoms with van der Waals surface area (Å²) in [5.41, 5.74) is 1.35. The minimum atomic E-state index is -0.480. The molecule has 0 aromatic heterocycles. The predicted molar refractivity (Wildman–Crippen MR) is 125 cm³/mol. The number of nitrogens with one attached hydrogen (secondary N) is 1. The van der Waals surface area contributed by atoms with Crippen LogP contribution in [0, 0.1) is 0 Å². The van der Waals surface area contributed by atoms with E-state index >= 15 is 0 Å². The molecule has 6 nitrogen and oxygen atoms in total. The molecule has 2 aliphatic rings. The van der Waals surface area contributed by atoms with Crippen LogP contribution in [0.5, 0.6) is 5.75 Å². The van der Waals surface area contributed by atoms with E-state index in [9.17, 15) is 9.59 Å². The molecule has 2 aromatic carbocycles. The van der Waals surface area contributed by atoms with Gasteiger partial charge in [-0.2, -0.15) is 0 Å². The first-order chi connectivity index (χ1) is 15.5. The molecular weight excluding hydrogens is 402 g/mol. The van der Waals surface area contributed by atoms with E-state index < -0.39 is 5.60 Å². The first-order valence-corrected chi connectivity index (χ1v) is 11.6. The van der Waals surface area contributed by atoms with Crippen LogP contribution in [0.2, 0.25) is 0 Å². The van der Waals surface area contributed by atoms with Crippen molar-refractivity contribution in [2.45, 2.75) is 51.3 Å². The molecule has 2 aromatic rings. The molecule has 0 radical (unpaired) electrons. The molecule has 2 amide bonds. The molecule has 0 bridgehead atoms. The minimum Gasteiger partial charge on any atom is -0.484 e. The molecule has 0 saturated carbocycles. The number of fused-ring (bicyclic) bond motifs is 1. The number of nitrogens with zero attached hydrogens (tertiary/aromatic N) is 2. The highest BCUT2D eigenvalue weighted by Crippen LogP contribution is 2.35. The first-order valence-electron chi connectivity index (χ1n) is 11.6. The van der Waals surface area contributed by atoms with Crippen LogP contribution in [0.15, 0.2) is 54.6 Å². The van der Waals surface area contributed by atoms with Gasteiger partial charge in [0.15, 0.2) is 0 Å². The van der Waals surface area contributed by atoms with Gasteiger partial charge in [-0.15, -0.1) is 0 Å². The van der Waals surface area contributed by atoms with Crippen molar-refractivity contribution >= 4 is 11.8 Å². The van der Waals surface area contributed by atoms with Gasteiger partial charge in [-0.05, 0) is 31.0 Å². The number of hydrogen-bond donors (Lipinski definition) is 1. The molecule has 1 atom stereocenters. The largest absolute Gasteiger partial charge is 0.484 e. The van der Waals surface area contributed by atoms with Crippen molar-refractivity contribution < 1.29 is 14.3 Å². The van der Waals surface area contributed by atoms with Crippen LogP contribution in [0.25, 0.3) is 0 Å². The monoisotopic (exact) mass is 435 g/mol. The van der Waals surface area contributed by atoms with Crippen LogP contribution in [0.1, 0.15) is 49.0 Å². The number of likely N-dealkylation sites (tertiary alicyclic amines) is 1. The second-order valence-corrected chi connectivity index (χ2v) is 9.08. The quantitative estimate of drug-likeness (QED) is 0.755. The zero-order valence-corrected chi connectivity index (χ0v) is 19.0. The van der Waals surface area contributed by atoms with E-state index in [0.29, 0.717) is 17.9 Å². The highest BCUT2D eigenvalue weighted by molar-refractivity contribution is 5.99. The SMILES string of the molecule is CC[C@@H](C)NC(=O)CN1CC2(CCN(Cc3ccccc3)CC2)Oc2ccccc2C1=O. The molecule has 1 saturated heterocycles. The van der Waals surface area contributed by atoms with Crippen molar-refractivity contribution in [3.8, 4) is 5.75 Å². The van der Waals surface area contributed by atoms with Gasteiger partial charge in [0.05, 0.1) is 12.1 Å². The van der Waals surface area contributed by atoms with Gasteiger partial charge in [-0.1, -0.05) is 49.4 Å². The number of para-hydroxylation sites is 1.